The molecule has 0 aliphatic carbocycles. The van der Waals surface area contributed by atoms with Gasteiger partial charge in [-0.1, -0.05) is 25.5 Å². The van der Waals surface area contributed by atoms with E-state index in [1.54, 1.807) is 7.11 Å². The molecule has 1 heterocycles. The van der Waals surface area contributed by atoms with Crippen molar-refractivity contribution in [3.63, 3.8) is 0 Å². The highest BCUT2D eigenvalue weighted by molar-refractivity contribution is 5.51. The zero-order valence-corrected chi connectivity index (χ0v) is 11.2. The molecule has 1 aromatic carbocycles. The molecule has 4 heteroatoms. The van der Waals surface area contributed by atoms with Crippen LogP contribution in [-0.4, -0.2) is 19.8 Å². The van der Waals surface area contributed by atoms with Crippen molar-refractivity contribution in [2.45, 2.75) is 38.8 Å². The second-order valence-corrected chi connectivity index (χ2v) is 4.35. The Morgan fingerprint density at radius 3 is 2.83 bits per heavy atom. The van der Waals surface area contributed by atoms with Crippen LogP contribution >= 0.6 is 0 Å². The molecular formula is C14H21NO3. The standard InChI is InChI=1S/C14H21NO3/c1-4-7-11-13(15-16-3)10-8-6-9-12(17-5-2)14(10)18-11/h6,8-9,11,13,15H,4-5,7H2,1-3H3. The van der Waals surface area contributed by atoms with Crippen LogP contribution < -0.4 is 15.0 Å². The van der Waals surface area contributed by atoms with Gasteiger partial charge in [0.05, 0.1) is 19.8 Å². The van der Waals surface area contributed by atoms with Gasteiger partial charge in [-0.25, -0.2) is 0 Å². The molecular weight excluding hydrogens is 230 g/mol. The lowest BCUT2D eigenvalue weighted by Crippen LogP contribution is -2.30. The molecule has 2 unspecified atom stereocenters. The number of nitrogens with one attached hydrogen (secondary N) is 1. The van der Waals surface area contributed by atoms with Crippen molar-refractivity contribution in [2.75, 3.05) is 13.7 Å². The maximum Gasteiger partial charge on any atom is 0.166 e. The Morgan fingerprint density at radius 2 is 2.17 bits per heavy atom. The number of benzene rings is 1. The molecule has 2 rings (SSSR count). The van der Waals surface area contributed by atoms with Gasteiger partial charge in [0.2, 0.25) is 0 Å². The van der Waals surface area contributed by atoms with Gasteiger partial charge in [0.1, 0.15) is 6.10 Å². The van der Waals surface area contributed by atoms with E-state index in [9.17, 15) is 0 Å². The first-order chi connectivity index (χ1) is 8.81. The van der Waals surface area contributed by atoms with E-state index in [0.717, 1.165) is 29.9 Å². The molecule has 0 saturated carbocycles. The third kappa shape index (κ3) is 2.44. The van der Waals surface area contributed by atoms with Crippen LogP contribution in [0.5, 0.6) is 11.5 Å². The second-order valence-electron chi connectivity index (χ2n) is 4.35. The van der Waals surface area contributed by atoms with Crippen molar-refractivity contribution < 1.29 is 14.3 Å². The number of ether oxygens (including phenoxy) is 2. The minimum absolute atomic E-state index is 0.0744. The van der Waals surface area contributed by atoms with Gasteiger partial charge >= 0.3 is 0 Å². The summed E-state index contributed by atoms with van der Waals surface area (Å²) in [6.07, 6.45) is 2.16. The molecule has 0 spiro atoms. The van der Waals surface area contributed by atoms with Crippen LogP contribution in [0.3, 0.4) is 0 Å². The first-order valence-electron chi connectivity index (χ1n) is 6.52. The summed E-state index contributed by atoms with van der Waals surface area (Å²) in [5.41, 5.74) is 4.14. The predicted octanol–water partition coefficient (Wildman–Crippen LogP) is 2.84. The van der Waals surface area contributed by atoms with Crippen LogP contribution in [0.15, 0.2) is 18.2 Å². The highest BCUT2D eigenvalue weighted by Gasteiger charge is 2.35. The second kappa shape index (κ2) is 6.07. The Bertz CT molecular complexity index is 395. The molecule has 100 valence electrons. The number of fused-ring (bicyclic) bond motifs is 1. The molecule has 0 radical (unpaired) electrons. The highest BCUT2D eigenvalue weighted by Crippen LogP contribution is 2.44. The molecule has 4 nitrogen and oxygen atoms in total. The quantitative estimate of drug-likeness (QED) is 0.789. The fraction of sp³-hybridized carbons (Fsp3) is 0.571. The Labute approximate surface area is 108 Å². The van der Waals surface area contributed by atoms with Crippen LogP contribution in [0.25, 0.3) is 0 Å². The number of hydroxylamine groups is 1. The molecule has 1 aliphatic rings. The minimum Gasteiger partial charge on any atom is -0.490 e. The van der Waals surface area contributed by atoms with E-state index >= 15 is 0 Å². The lowest BCUT2D eigenvalue weighted by atomic mass is 10.0. The maximum atomic E-state index is 6.03. The van der Waals surface area contributed by atoms with Gasteiger partial charge in [0.15, 0.2) is 11.5 Å². The summed E-state index contributed by atoms with van der Waals surface area (Å²) in [6, 6.07) is 6.07. The average Bonchev–Trinajstić information content (AvgIpc) is 2.71. The summed E-state index contributed by atoms with van der Waals surface area (Å²) in [6.45, 7) is 4.77. The predicted molar refractivity (Wildman–Crippen MR) is 69.8 cm³/mol. The first-order valence-corrected chi connectivity index (χ1v) is 6.52. The van der Waals surface area contributed by atoms with Gasteiger partial charge in [0.25, 0.3) is 0 Å². The minimum atomic E-state index is 0.0744. The molecule has 0 aromatic heterocycles. The van der Waals surface area contributed by atoms with Crippen LogP contribution in [0.1, 0.15) is 38.3 Å². The number of rotatable bonds is 6. The fourth-order valence-corrected chi connectivity index (χ4v) is 2.37. The lowest BCUT2D eigenvalue weighted by Gasteiger charge is -2.18. The van der Waals surface area contributed by atoms with Crippen LogP contribution in [-0.2, 0) is 4.84 Å². The summed E-state index contributed by atoms with van der Waals surface area (Å²) < 4.78 is 11.6. The van der Waals surface area contributed by atoms with Crippen LogP contribution in [0.4, 0.5) is 0 Å². The Kier molecular flexibility index (Phi) is 4.44. The van der Waals surface area contributed by atoms with Gasteiger partial charge in [-0.05, 0) is 19.4 Å². The van der Waals surface area contributed by atoms with Crippen molar-refractivity contribution in [3.05, 3.63) is 23.8 Å². The van der Waals surface area contributed by atoms with Crippen molar-refractivity contribution in [2.24, 2.45) is 0 Å². The van der Waals surface area contributed by atoms with E-state index in [1.165, 1.54) is 0 Å². The molecule has 0 bridgehead atoms. The molecule has 1 N–H and O–H groups in total. The molecule has 1 aliphatic heterocycles. The first kappa shape index (κ1) is 13.2. The van der Waals surface area contributed by atoms with E-state index in [-0.39, 0.29) is 12.1 Å². The summed E-state index contributed by atoms with van der Waals surface area (Å²) >= 11 is 0. The molecule has 0 fully saturated rings. The summed E-state index contributed by atoms with van der Waals surface area (Å²) in [5.74, 6) is 1.67. The largest absolute Gasteiger partial charge is 0.490 e. The number of para-hydroxylation sites is 1. The van der Waals surface area contributed by atoms with Gasteiger partial charge in [-0.3, -0.25) is 0 Å². The highest BCUT2D eigenvalue weighted by atomic mass is 16.6. The zero-order chi connectivity index (χ0) is 13.0. The Hall–Kier alpha value is -1.26. The van der Waals surface area contributed by atoms with Gasteiger partial charge in [-0.2, -0.15) is 5.48 Å². The normalized spacial score (nSPS) is 21.5. The van der Waals surface area contributed by atoms with Crippen molar-refractivity contribution in [3.8, 4) is 11.5 Å². The lowest BCUT2D eigenvalue weighted by molar-refractivity contribution is 0.0265. The average molecular weight is 251 g/mol. The molecule has 0 saturated heterocycles. The Balaban J connectivity index is 2.29. The topological polar surface area (TPSA) is 39.7 Å². The van der Waals surface area contributed by atoms with Gasteiger partial charge in [-0.15, -0.1) is 0 Å². The van der Waals surface area contributed by atoms with E-state index in [4.69, 9.17) is 14.3 Å². The van der Waals surface area contributed by atoms with E-state index in [1.807, 2.05) is 19.1 Å². The van der Waals surface area contributed by atoms with Crippen LogP contribution in [0.2, 0.25) is 0 Å². The number of hydrogen-bond donors (Lipinski definition) is 1. The Morgan fingerprint density at radius 1 is 1.33 bits per heavy atom. The van der Waals surface area contributed by atoms with Gasteiger partial charge in [0, 0.05) is 5.56 Å². The summed E-state index contributed by atoms with van der Waals surface area (Å²) in [5, 5.41) is 0. The van der Waals surface area contributed by atoms with Crippen LogP contribution in [0, 0.1) is 0 Å². The third-order valence-corrected chi connectivity index (χ3v) is 3.10. The van der Waals surface area contributed by atoms with Crippen molar-refractivity contribution >= 4 is 0 Å². The smallest absolute Gasteiger partial charge is 0.166 e. The monoisotopic (exact) mass is 251 g/mol. The number of hydrogen-bond acceptors (Lipinski definition) is 4. The molecule has 0 amide bonds. The molecule has 1 aromatic rings. The SMILES string of the molecule is CCCC1Oc2c(OCC)cccc2C1NOC. The third-order valence-electron chi connectivity index (χ3n) is 3.10. The van der Waals surface area contributed by atoms with Crippen molar-refractivity contribution in [1.82, 2.24) is 5.48 Å². The van der Waals surface area contributed by atoms with E-state index in [2.05, 4.69) is 18.5 Å². The van der Waals surface area contributed by atoms with Gasteiger partial charge < -0.3 is 14.3 Å². The fourth-order valence-electron chi connectivity index (χ4n) is 2.37. The van der Waals surface area contributed by atoms with E-state index < -0.39 is 0 Å². The summed E-state index contributed by atoms with van der Waals surface area (Å²) in [4.78, 5) is 5.09. The van der Waals surface area contributed by atoms with Crippen molar-refractivity contribution in [1.29, 1.82) is 0 Å². The maximum absolute atomic E-state index is 6.03. The summed E-state index contributed by atoms with van der Waals surface area (Å²) in [7, 11) is 1.63. The zero-order valence-electron chi connectivity index (χ0n) is 11.2. The molecule has 18 heavy (non-hydrogen) atoms. The molecule has 2 atom stereocenters. The van der Waals surface area contributed by atoms with E-state index in [0.29, 0.717) is 6.61 Å².